The second-order valence-electron chi connectivity index (χ2n) is 13.0. The molecule has 8 rings (SSSR count). The molecule has 2 saturated heterocycles. The average molecular weight is 714 g/mol. The lowest BCUT2D eigenvalue weighted by Gasteiger charge is -2.49. The minimum Gasteiger partial charge on any atom is -0.508 e. The van der Waals surface area contributed by atoms with Gasteiger partial charge in [-0.2, -0.15) is 0 Å². The Bertz CT molecular complexity index is 2100. The van der Waals surface area contributed by atoms with Crippen molar-refractivity contribution in [3.8, 4) is 5.75 Å². The topological polar surface area (TPSA) is 95.0 Å². The first kappa shape index (κ1) is 30.0. The number of anilines is 2. The number of hydrogen-bond donors (Lipinski definition) is 1. The second-order valence-corrected chi connectivity index (χ2v) is 14.3. The molecule has 47 heavy (non-hydrogen) atoms. The number of rotatable bonds is 3. The molecule has 236 valence electrons. The van der Waals surface area contributed by atoms with E-state index in [4.69, 9.17) is 11.6 Å². The number of allylic oxidation sites excluding steroid dienone is 2. The third-order valence-electron chi connectivity index (χ3n) is 10.8. The van der Waals surface area contributed by atoms with Crippen LogP contribution >= 0.6 is 27.5 Å². The first-order valence-corrected chi connectivity index (χ1v) is 16.6. The molecule has 6 atom stereocenters. The normalized spacial score (nSPS) is 28.4. The Morgan fingerprint density at radius 1 is 0.872 bits per heavy atom. The number of carbonyl (C=O) groups is 4. The smallest absolute Gasteiger partial charge is 0.241 e. The van der Waals surface area contributed by atoms with E-state index in [0.29, 0.717) is 11.3 Å². The van der Waals surface area contributed by atoms with Crippen molar-refractivity contribution in [2.75, 3.05) is 9.80 Å². The van der Waals surface area contributed by atoms with Gasteiger partial charge in [0.1, 0.15) is 11.6 Å². The fraction of sp³-hybridized carbons (Fsp3) is 0.243. The standard InChI is InChI=1S/C37H27BrClFN2O5/c1-37-26(34(45)42(36(37)47)21-11-14-28(40)27(39)16-21)17-25-23(32(37)31-22-5-3-2-4-18(22)6-15-29(31)43)12-13-24-30(25)35(46)41(33(24)44)20-9-7-19(38)8-10-20/h2-12,14-16,24-26,30,32,43H,13,17H2,1H3. The van der Waals surface area contributed by atoms with Crippen LogP contribution in [0, 0.1) is 34.9 Å². The predicted molar refractivity (Wildman–Crippen MR) is 178 cm³/mol. The molecule has 1 saturated carbocycles. The molecule has 2 heterocycles. The van der Waals surface area contributed by atoms with Crippen LogP contribution in [-0.2, 0) is 19.2 Å². The highest BCUT2D eigenvalue weighted by Gasteiger charge is 2.68. The zero-order chi connectivity index (χ0) is 32.9. The summed E-state index contributed by atoms with van der Waals surface area (Å²) in [6, 6.07) is 21.6. The van der Waals surface area contributed by atoms with E-state index in [-0.39, 0.29) is 41.1 Å². The van der Waals surface area contributed by atoms with Crippen molar-refractivity contribution >= 4 is 73.3 Å². The van der Waals surface area contributed by atoms with E-state index in [9.17, 15) is 28.7 Å². The highest BCUT2D eigenvalue weighted by atomic mass is 79.9. The third kappa shape index (κ3) is 4.15. The van der Waals surface area contributed by atoms with Crippen molar-refractivity contribution in [2.45, 2.75) is 25.7 Å². The van der Waals surface area contributed by atoms with E-state index < -0.39 is 52.6 Å². The molecule has 0 aromatic heterocycles. The summed E-state index contributed by atoms with van der Waals surface area (Å²) >= 11 is 9.51. The Balaban J connectivity index is 1.32. The number of halogens is 3. The van der Waals surface area contributed by atoms with Crippen LogP contribution in [0.5, 0.6) is 5.75 Å². The van der Waals surface area contributed by atoms with Gasteiger partial charge in [-0.1, -0.05) is 69.5 Å². The molecule has 10 heteroatoms. The van der Waals surface area contributed by atoms with E-state index in [1.54, 1.807) is 43.3 Å². The summed E-state index contributed by atoms with van der Waals surface area (Å²) in [7, 11) is 0. The Labute approximate surface area is 282 Å². The summed E-state index contributed by atoms with van der Waals surface area (Å²) in [6.07, 6.45) is 2.37. The number of benzene rings is 4. The van der Waals surface area contributed by atoms with Gasteiger partial charge in [-0.15, -0.1) is 0 Å². The zero-order valence-corrected chi connectivity index (χ0v) is 27.3. The Morgan fingerprint density at radius 3 is 2.34 bits per heavy atom. The maximum absolute atomic E-state index is 14.7. The second kappa shape index (κ2) is 10.6. The van der Waals surface area contributed by atoms with Crippen LogP contribution in [-0.4, -0.2) is 28.7 Å². The summed E-state index contributed by atoms with van der Waals surface area (Å²) in [6.45, 7) is 1.74. The Morgan fingerprint density at radius 2 is 1.60 bits per heavy atom. The molecule has 4 aromatic rings. The van der Waals surface area contributed by atoms with Crippen LogP contribution < -0.4 is 9.80 Å². The van der Waals surface area contributed by atoms with E-state index >= 15 is 0 Å². The lowest BCUT2D eigenvalue weighted by molar-refractivity contribution is -0.131. The number of aromatic hydroxyl groups is 1. The van der Waals surface area contributed by atoms with Gasteiger partial charge in [-0.3, -0.25) is 24.1 Å². The molecule has 6 unspecified atom stereocenters. The quantitative estimate of drug-likeness (QED) is 0.175. The molecule has 7 nitrogen and oxygen atoms in total. The fourth-order valence-electron chi connectivity index (χ4n) is 8.63. The van der Waals surface area contributed by atoms with E-state index in [0.717, 1.165) is 31.8 Å². The largest absolute Gasteiger partial charge is 0.508 e. The van der Waals surface area contributed by atoms with Crippen molar-refractivity contribution in [1.29, 1.82) is 0 Å². The maximum atomic E-state index is 14.7. The number of carbonyl (C=O) groups excluding carboxylic acids is 4. The Hall–Kier alpha value is -4.34. The molecule has 2 aliphatic heterocycles. The van der Waals surface area contributed by atoms with Gasteiger partial charge in [-0.05, 0) is 85.0 Å². The predicted octanol–water partition coefficient (Wildman–Crippen LogP) is 7.54. The average Bonchev–Trinajstić information content (AvgIpc) is 3.43. The third-order valence-corrected chi connectivity index (χ3v) is 11.6. The van der Waals surface area contributed by atoms with Gasteiger partial charge < -0.3 is 5.11 Å². The first-order valence-electron chi connectivity index (χ1n) is 15.4. The van der Waals surface area contributed by atoms with Crippen molar-refractivity contribution in [1.82, 2.24) is 0 Å². The van der Waals surface area contributed by atoms with Gasteiger partial charge in [0.2, 0.25) is 23.6 Å². The van der Waals surface area contributed by atoms with Crippen LogP contribution in [0.2, 0.25) is 5.02 Å². The minimum absolute atomic E-state index is 0.0359. The summed E-state index contributed by atoms with van der Waals surface area (Å²) < 4.78 is 15.0. The van der Waals surface area contributed by atoms with E-state index in [2.05, 4.69) is 15.9 Å². The molecule has 3 fully saturated rings. The van der Waals surface area contributed by atoms with Crippen molar-refractivity contribution in [3.63, 3.8) is 0 Å². The van der Waals surface area contributed by atoms with Crippen molar-refractivity contribution in [2.24, 2.45) is 29.1 Å². The number of phenolic OH excluding ortho intramolecular Hbond substituents is 1. The van der Waals surface area contributed by atoms with Crippen LogP contribution in [0.25, 0.3) is 10.8 Å². The van der Waals surface area contributed by atoms with Crippen LogP contribution in [0.3, 0.4) is 0 Å². The molecule has 4 aromatic carbocycles. The van der Waals surface area contributed by atoms with Crippen molar-refractivity contribution < 1.29 is 28.7 Å². The molecule has 2 aliphatic carbocycles. The summed E-state index contributed by atoms with van der Waals surface area (Å²) in [4.78, 5) is 59.6. The van der Waals surface area contributed by atoms with Gasteiger partial charge in [-0.25, -0.2) is 9.29 Å². The van der Waals surface area contributed by atoms with Crippen LogP contribution in [0.4, 0.5) is 15.8 Å². The summed E-state index contributed by atoms with van der Waals surface area (Å²) in [5, 5.41) is 12.9. The van der Waals surface area contributed by atoms with E-state index in [1.165, 1.54) is 17.0 Å². The van der Waals surface area contributed by atoms with Gasteiger partial charge in [0.25, 0.3) is 0 Å². The lowest BCUT2D eigenvalue weighted by Crippen LogP contribution is -2.49. The zero-order valence-electron chi connectivity index (χ0n) is 25.0. The monoisotopic (exact) mass is 712 g/mol. The summed E-state index contributed by atoms with van der Waals surface area (Å²) in [5.74, 6) is -6.02. The molecule has 1 N–H and O–H groups in total. The number of nitrogens with zero attached hydrogens (tertiary/aromatic N) is 2. The molecule has 0 bridgehead atoms. The number of phenols is 1. The Kier molecular flexibility index (Phi) is 6.76. The molecule has 0 radical (unpaired) electrons. The SMILES string of the molecule is CC12C(=O)N(c3ccc(F)c(Cl)c3)C(=O)C1CC1C(=CCC3C(=O)N(c4ccc(Br)cc4)C(=O)C31)C2c1c(O)ccc2ccccc12. The summed E-state index contributed by atoms with van der Waals surface area (Å²) in [5.41, 5.74) is 0.481. The highest BCUT2D eigenvalue weighted by Crippen LogP contribution is 2.65. The number of amides is 4. The molecule has 0 spiro atoms. The number of imide groups is 2. The van der Waals surface area contributed by atoms with Gasteiger partial charge in [0, 0.05) is 16.0 Å². The molecule has 4 aliphatic rings. The number of fused-ring (bicyclic) bond motifs is 5. The van der Waals surface area contributed by atoms with Gasteiger partial charge in [0.05, 0.1) is 39.6 Å². The highest BCUT2D eigenvalue weighted by molar-refractivity contribution is 9.10. The van der Waals surface area contributed by atoms with E-state index in [1.807, 2.05) is 30.3 Å². The van der Waals surface area contributed by atoms with Crippen molar-refractivity contribution in [3.05, 3.63) is 111 Å². The molecular formula is C37H27BrClFN2O5. The van der Waals surface area contributed by atoms with Gasteiger partial charge in [0.15, 0.2) is 0 Å². The molecular weight excluding hydrogens is 687 g/mol. The number of hydrogen-bond acceptors (Lipinski definition) is 5. The molecule has 4 amide bonds. The minimum atomic E-state index is -1.38. The first-order chi connectivity index (χ1) is 22.5. The lowest BCUT2D eigenvalue weighted by atomic mass is 9.51. The maximum Gasteiger partial charge on any atom is 0.241 e. The van der Waals surface area contributed by atoms with Crippen LogP contribution in [0.1, 0.15) is 31.2 Å². The fourth-order valence-corrected chi connectivity index (χ4v) is 9.06. The van der Waals surface area contributed by atoms with Gasteiger partial charge >= 0.3 is 0 Å². The van der Waals surface area contributed by atoms with Crippen LogP contribution in [0.15, 0.2) is 95.0 Å².